The molecular weight excluding hydrogens is 516 g/mol. The van der Waals surface area contributed by atoms with Crippen molar-refractivity contribution in [3.8, 4) is 23.1 Å². The number of fused-ring (bicyclic) bond motifs is 2. The topological polar surface area (TPSA) is 130 Å². The monoisotopic (exact) mass is 550 g/mol. The first-order valence-electron chi connectivity index (χ1n) is 13.9. The largest absolute Gasteiger partial charge is 0.496 e. The highest BCUT2D eigenvalue weighted by Gasteiger charge is 2.27. The molecule has 0 saturated heterocycles. The summed E-state index contributed by atoms with van der Waals surface area (Å²) in [7, 11) is 1.65. The van der Waals surface area contributed by atoms with Gasteiger partial charge in [0.15, 0.2) is 0 Å². The molecule has 2 unspecified atom stereocenters. The van der Waals surface area contributed by atoms with E-state index in [0.29, 0.717) is 12.3 Å². The van der Waals surface area contributed by atoms with Gasteiger partial charge in [0.05, 0.1) is 43.5 Å². The number of nitrogens with zero attached hydrogens (tertiary/aromatic N) is 5. The van der Waals surface area contributed by atoms with E-state index in [1.807, 2.05) is 66.6 Å². The lowest BCUT2D eigenvalue weighted by molar-refractivity contribution is -0.138. The van der Waals surface area contributed by atoms with Crippen molar-refractivity contribution in [1.29, 1.82) is 5.26 Å². The molecule has 0 aliphatic heterocycles. The maximum absolute atomic E-state index is 11.0. The lowest BCUT2D eigenvalue weighted by atomic mass is 9.96. The van der Waals surface area contributed by atoms with Crippen LogP contribution < -0.4 is 4.74 Å². The fourth-order valence-corrected chi connectivity index (χ4v) is 5.70. The van der Waals surface area contributed by atoms with Gasteiger partial charge in [-0.1, -0.05) is 31.0 Å². The third-order valence-corrected chi connectivity index (χ3v) is 8.06. The number of methoxy groups -OCH3 is 1. The van der Waals surface area contributed by atoms with E-state index in [-0.39, 0.29) is 6.04 Å². The number of benzene rings is 2. The number of nitriles is 1. The van der Waals surface area contributed by atoms with E-state index in [2.05, 4.69) is 26.1 Å². The fraction of sp³-hybridized carbons (Fsp3) is 0.344. The maximum Gasteiger partial charge on any atom is 0.310 e. The van der Waals surface area contributed by atoms with Crippen molar-refractivity contribution >= 4 is 27.8 Å². The lowest BCUT2D eigenvalue weighted by Gasteiger charge is -2.21. The fourth-order valence-electron chi connectivity index (χ4n) is 5.70. The van der Waals surface area contributed by atoms with Crippen LogP contribution in [0.15, 0.2) is 61.3 Å². The number of hydrogen-bond acceptors (Lipinski definition) is 6. The zero-order chi connectivity index (χ0) is 28.9. The number of carbonyl (C=O) groups is 1. The molecule has 0 spiro atoms. The number of aromatic amines is 1. The van der Waals surface area contributed by atoms with Crippen molar-refractivity contribution in [2.24, 2.45) is 5.92 Å². The summed E-state index contributed by atoms with van der Waals surface area (Å²) in [6.45, 7) is 3.67. The van der Waals surface area contributed by atoms with E-state index < -0.39 is 11.9 Å². The first-order valence-corrected chi connectivity index (χ1v) is 13.9. The molecule has 5 aromatic rings. The number of hydrogen-bond donors (Lipinski definition) is 2. The van der Waals surface area contributed by atoms with Gasteiger partial charge in [-0.2, -0.15) is 10.4 Å². The average Bonchev–Trinajstić information content (AvgIpc) is 3.77. The summed E-state index contributed by atoms with van der Waals surface area (Å²) in [5.41, 5.74) is 4.54. The van der Waals surface area contributed by atoms with Gasteiger partial charge in [0.1, 0.15) is 17.7 Å². The number of nitrogens with one attached hydrogen (secondary N) is 1. The number of aliphatic carboxylic acids is 1. The lowest BCUT2D eigenvalue weighted by Crippen LogP contribution is -2.17. The van der Waals surface area contributed by atoms with Gasteiger partial charge < -0.3 is 14.8 Å². The highest BCUT2D eigenvalue weighted by molar-refractivity contribution is 5.90. The summed E-state index contributed by atoms with van der Waals surface area (Å²) in [6, 6.07) is 14.2. The van der Waals surface area contributed by atoms with Crippen LogP contribution in [0.3, 0.4) is 0 Å². The van der Waals surface area contributed by atoms with E-state index in [4.69, 9.17) is 9.84 Å². The van der Waals surface area contributed by atoms with E-state index >= 15 is 0 Å². The molecule has 41 heavy (non-hydrogen) atoms. The molecule has 0 amide bonds. The molecular formula is C32H34N6O3. The Balaban J connectivity index is 0.000000170. The van der Waals surface area contributed by atoms with Crippen LogP contribution in [0, 0.1) is 24.2 Å². The smallest absolute Gasteiger partial charge is 0.310 e. The van der Waals surface area contributed by atoms with Crippen molar-refractivity contribution in [3.05, 3.63) is 72.4 Å². The van der Waals surface area contributed by atoms with E-state index in [1.54, 1.807) is 20.4 Å². The second-order valence-corrected chi connectivity index (χ2v) is 10.6. The number of aromatic nitrogens is 5. The third kappa shape index (κ3) is 5.92. The van der Waals surface area contributed by atoms with Gasteiger partial charge >= 0.3 is 5.97 Å². The molecule has 0 radical (unpaired) electrons. The minimum atomic E-state index is -0.806. The van der Waals surface area contributed by atoms with E-state index in [1.165, 1.54) is 25.7 Å². The first-order chi connectivity index (χ1) is 19.9. The zero-order valence-corrected chi connectivity index (χ0v) is 23.5. The maximum atomic E-state index is 11.0. The van der Waals surface area contributed by atoms with Gasteiger partial charge in [-0.3, -0.25) is 9.48 Å². The predicted molar refractivity (Wildman–Crippen MR) is 158 cm³/mol. The van der Waals surface area contributed by atoms with Gasteiger partial charge in [-0.15, -0.1) is 0 Å². The Morgan fingerprint density at radius 1 is 1.20 bits per heavy atom. The Kier molecular flexibility index (Phi) is 8.29. The second kappa shape index (κ2) is 12.2. The molecule has 1 aliphatic carbocycles. The van der Waals surface area contributed by atoms with Crippen LogP contribution in [0.4, 0.5) is 0 Å². The molecule has 9 heteroatoms. The Morgan fingerprint density at radius 2 is 2.00 bits per heavy atom. The number of aryl methyl sites for hydroxylation is 1. The quantitative estimate of drug-likeness (QED) is 0.228. The van der Waals surface area contributed by atoms with E-state index in [9.17, 15) is 10.1 Å². The molecule has 1 aliphatic rings. The number of carboxylic acids is 1. The predicted octanol–water partition coefficient (Wildman–Crippen LogP) is 6.81. The van der Waals surface area contributed by atoms with Gasteiger partial charge in [0.25, 0.3) is 0 Å². The Labute approximate surface area is 238 Å². The highest BCUT2D eigenvalue weighted by atomic mass is 16.5. The van der Waals surface area contributed by atoms with Crippen LogP contribution in [-0.4, -0.2) is 42.9 Å². The van der Waals surface area contributed by atoms with Crippen LogP contribution in [0.5, 0.6) is 5.75 Å². The van der Waals surface area contributed by atoms with Crippen molar-refractivity contribution in [3.63, 3.8) is 0 Å². The molecule has 3 heterocycles. The molecule has 2 N–H and O–H groups in total. The van der Waals surface area contributed by atoms with Crippen LogP contribution in [0.25, 0.3) is 33.1 Å². The summed E-state index contributed by atoms with van der Waals surface area (Å²) in [5.74, 6) is 0.109. The summed E-state index contributed by atoms with van der Waals surface area (Å²) in [5, 5.41) is 25.8. The molecule has 9 nitrogen and oxygen atoms in total. The molecule has 0 bridgehead atoms. The van der Waals surface area contributed by atoms with Gasteiger partial charge in [-0.25, -0.2) is 9.97 Å². The van der Waals surface area contributed by atoms with Crippen LogP contribution in [0.2, 0.25) is 0 Å². The van der Waals surface area contributed by atoms with Gasteiger partial charge in [0.2, 0.25) is 0 Å². The van der Waals surface area contributed by atoms with Crippen LogP contribution in [-0.2, 0) is 4.79 Å². The molecule has 210 valence electrons. The molecule has 1 fully saturated rings. The molecule has 1 saturated carbocycles. The van der Waals surface area contributed by atoms with E-state index in [0.717, 1.165) is 49.9 Å². The number of H-pyrrole nitrogens is 1. The standard InChI is InChI=1S/C17H18N6.C15H16O3/c18-7-5-15(12-3-1-2-4-12)23-10-13(9-22-23)16-14-6-8-19-17(14)21-11-20-16;1-9-6-13-7-11(10(2)15(16)17)4-5-12(13)8-14(9)18-3/h6,8-12,15H,1-5H2,(H,19,20,21);4-8,10H,1-3H3,(H,16,17). The van der Waals surface area contributed by atoms with Crippen molar-refractivity contribution in [2.75, 3.05) is 7.11 Å². The summed E-state index contributed by atoms with van der Waals surface area (Å²) in [6.07, 6.45) is 12.7. The Bertz CT molecular complexity index is 1710. The SMILES string of the molecule is COc1cc2ccc(C(C)C(=O)O)cc2cc1C.N#CCC(C1CCCC1)n1cc(-c2ncnc3[nH]ccc23)cn1. The van der Waals surface area contributed by atoms with Crippen LogP contribution in [0.1, 0.15) is 62.1 Å². The minimum Gasteiger partial charge on any atom is -0.496 e. The van der Waals surface area contributed by atoms with Crippen molar-refractivity contribution < 1.29 is 14.6 Å². The number of ether oxygens (including phenoxy) is 1. The molecule has 6 rings (SSSR count). The minimum absolute atomic E-state index is 0.166. The zero-order valence-electron chi connectivity index (χ0n) is 23.5. The Morgan fingerprint density at radius 3 is 2.73 bits per heavy atom. The summed E-state index contributed by atoms with van der Waals surface area (Å²) >= 11 is 0. The third-order valence-electron chi connectivity index (χ3n) is 8.06. The van der Waals surface area contributed by atoms with Crippen LogP contribution >= 0.6 is 0 Å². The normalized spacial score (nSPS) is 14.8. The van der Waals surface area contributed by atoms with Gasteiger partial charge in [-0.05, 0) is 72.7 Å². The number of carboxylic acid groups (broad SMARTS) is 1. The summed E-state index contributed by atoms with van der Waals surface area (Å²) < 4.78 is 7.24. The van der Waals surface area contributed by atoms with Crippen molar-refractivity contribution in [2.45, 2.75) is 57.9 Å². The first kappa shape index (κ1) is 27.8. The average molecular weight is 551 g/mol. The number of rotatable bonds is 7. The highest BCUT2D eigenvalue weighted by Crippen LogP contribution is 2.36. The Hall–Kier alpha value is -4.71. The van der Waals surface area contributed by atoms with Crippen molar-refractivity contribution in [1.82, 2.24) is 24.7 Å². The second-order valence-electron chi connectivity index (χ2n) is 10.6. The molecule has 2 atom stereocenters. The van der Waals surface area contributed by atoms with Gasteiger partial charge in [0, 0.05) is 23.3 Å². The molecule has 3 aromatic heterocycles. The molecule has 2 aromatic carbocycles. The summed E-state index contributed by atoms with van der Waals surface area (Å²) in [4.78, 5) is 22.7.